The molecule has 0 radical (unpaired) electrons. The fraction of sp³-hybridized carbons (Fsp3) is 0.154. The molecule has 35 heavy (non-hydrogen) atoms. The van der Waals surface area contributed by atoms with E-state index in [0.717, 1.165) is 5.56 Å². The predicted molar refractivity (Wildman–Crippen MR) is 134 cm³/mol. The third kappa shape index (κ3) is 6.68. The molecule has 3 aromatic carbocycles. The highest BCUT2D eigenvalue weighted by molar-refractivity contribution is 6.39. The minimum Gasteiger partial charge on any atom is -0.493 e. The first-order valence-electron chi connectivity index (χ1n) is 10.7. The van der Waals surface area contributed by atoms with Gasteiger partial charge in [0.2, 0.25) is 0 Å². The molecule has 0 saturated carbocycles. The van der Waals surface area contributed by atoms with Crippen molar-refractivity contribution in [2.24, 2.45) is 5.10 Å². The lowest BCUT2D eigenvalue weighted by Crippen LogP contribution is -2.33. The van der Waals surface area contributed by atoms with Crippen LogP contribution in [0, 0.1) is 0 Å². The van der Waals surface area contributed by atoms with Crippen molar-refractivity contribution >= 4 is 40.8 Å². The minimum atomic E-state index is -0.907. The number of anilines is 1. The molecule has 8 nitrogen and oxygen atoms in total. The zero-order valence-electron chi connectivity index (χ0n) is 19.4. The van der Waals surface area contributed by atoms with Crippen molar-refractivity contribution in [1.29, 1.82) is 0 Å². The van der Waals surface area contributed by atoms with E-state index in [-0.39, 0.29) is 5.75 Å². The number of hydrogen-bond donors (Lipinski definition) is 2. The van der Waals surface area contributed by atoms with Gasteiger partial charge in [-0.2, -0.15) is 5.10 Å². The van der Waals surface area contributed by atoms with Gasteiger partial charge in [0.05, 0.1) is 18.4 Å². The molecule has 0 aromatic heterocycles. The Morgan fingerprint density at radius 1 is 0.914 bits per heavy atom. The van der Waals surface area contributed by atoms with Gasteiger partial charge < -0.3 is 14.8 Å². The Labute approximate surface area is 207 Å². The average Bonchev–Trinajstić information content (AvgIpc) is 2.87. The molecule has 2 N–H and O–H groups in total. The number of hydrogen-bond acceptors (Lipinski definition) is 6. The molecular weight excluding hydrogens is 470 g/mol. The predicted octanol–water partition coefficient (Wildman–Crippen LogP) is 4.61. The van der Waals surface area contributed by atoms with Gasteiger partial charge in [-0.1, -0.05) is 36.7 Å². The summed E-state index contributed by atoms with van der Waals surface area (Å²) in [5, 5.41) is 7.10. The molecule has 0 aliphatic carbocycles. The van der Waals surface area contributed by atoms with E-state index in [4.69, 9.17) is 21.1 Å². The van der Waals surface area contributed by atoms with Gasteiger partial charge in [0.1, 0.15) is 0 Å². The first-order chi connectivity index (χ1) is 16.8. The quantitative estimate of drug-likeness (QED) is 0.164. The van der Waals surface area contributed by atoms with Gasteiger partial charge in [0.15, 0.2) is 11.5 Å². The Bertz CT molecular complexity index is 1270. The summed E-state index contributed by atoms with van der Waals surface area (Å²) in [5.74, 6) is -1.80. The fourth-order valence-corrected chi connectivity index (χ4v) is 3.23. The highest BCUT2D eigenvalue weighted by Gasteiger charge is 2.16. The van der Waals surface area contributed by atoms with E-state index in [1.54, 1.807) is 61.5 Å². The zero-order chi connectivity index (χ0) is 25.4. The van der Waals surface area contributed by atoms with E-state index in [2.05, 4.69) is 15.8 Å². The van der Waals surface area contributed by atoms with Gasteiger partial charge in [-0.05, 0) is 67.4 Å². The Hall–Kier alpha value is -4.17. The Kier molecular flexibility index (Phi) is 8.58. The van der Waals surface area contributed by atoms with Crippen LogP contribution in [0.15, 0.2) is 71.8 Å². The van der Waals surface area contributed by atoms with Crippen LogP contribution in [0.2, 0.25) is 5.02 Å². The Morgan fingerprint density at radius 3 is 2.29 bits per heavy atom. The molecule has 0 aliphatic rings. The second kappa shape index (κ2) is 11.8. The number of nitrogens with zero attached hydrogens (tertiary/aromatic N) is 1. The number of esters is 1. The maximum atomic E-state index is 12.4. The number of aryl methyl sites for hydroxylation is 1. The normalized spacial score (nSPS) is 10.9. The average molecular weight is 494 g/mol. The van der Waals surface area contributed by atoms with Crippen molar-refractivity contribution < 1.29 is 23.9 Å². The minimum absolute atomic E-state index is 0.210. The number of ether oxygens (including phenoxy) is 2. The van der Waals surface area contributed by atoms with Crippen LogP contribution < -0.4 is 20.2 Å². The summed E-state index contributed by atoms with van der Waals surface area (Å²) in [6.07, 6.45) is 0.710. The lowest BCUT2D eigenvalue weighted by molar-refractivity contribution is -0.136. The topological polar surface area (TPSA) is 106 Å². The molecule has 0 fully saturated rings. The van der Waals surface area contributed by atoms with Gasteiger partial charge >= 0.3 is 17.8 Å². The van der Waals surface area contributed by atoms with E-state index >= 15 is 0 Å². The molecular formula is C26H24ClN3O5. The second-order valence-corrected chi connectivity index (χ2v) is 7.80. The van der Waals surface area contributed by atoms with E-state index in [1.807, 2.05) is 19.1 Å². The SMILES string of the molecule is CCc1ccccc1NC(=O)C(=O)NN=C(C)c1ccc(OC(=O)c2ccc(Cl)cc2)c(OC)c1. The summed E-state index contributed by atoms with van der Waals surface area (Å²) in [7, 11) is 1.44. The maximum Gasteiger partial charge on any atom is 0.343 e. The smallest absolute Gasteiger partial charge is 0.343 e. The second-order valence-electron chi connectivity index (χ2n) is 7.37. The summed E-state index contributed by atoms with van der Waals surface area (Å²) >= 11 is 5.85. The largest absolute Gasteiger partial charge is 0.493 e. The van der Waals surface area contributed by atoms with Gasteiger partial charge in [0, 0.05) is 16.3 Å². The van der Waals surface area contributed by atoms with E-state index in [1.165, 1.54) is 7.11 Å². The standard InChI is InChI=1S/C26H24ClN3O5/c1-4-17-7-5-6-8-21(17)28-24(31)25(32)30-29-16(2)19-11-14-22(23(15-19)34-3)35-26(33)18-9-12-20(27)13-10-18/h5-15H,4H2,1-3H3,(H,28,31)(H,30,32). The molecule has 3 aromatic rings. The molecule has 0 unspecified atom stereocenters. The van der Waals surface area contributed by atoms with E-state index in [0.29, 0.717) is 39.7 Å². The van der Waals surface area contributed by atoms with Crippen LogP contribution in [0.4, 0.5) is 5.69 Å². The number of carbonyl (C=O) groups is 3. The molecule has 180 valence electrons. The summed E-state index contributed by atoms with van der Waals surface area (Å²) < 4.78 is 10.8. The number of methoxy groups -OCH3 is 1. The molecule has 2 amide bonds. The van der Waals surface area contributed by atoms with Gasteiger partial charge in [-0.25, -0.2) is 10.2 Å². The molecule has 0 heterocycles. The van der Waals surface area contributed by atoms with Crippen molar-refractivity contribution in [3.05, 3.63) is 88.4 Å². The van der Waals surface area contributed by atoms with Crippen LogP contribution in [0.3, 0.4) is 0 Å². The molecule has 3 rings (SSSR count). The summed E-state index contributed by atoms with van der Waals surface area (Å²) in [6, 6.07) is 18.3. The highest BCUT2D eigenvalue weighted by atomic mass is 35.5. The summed E-state index contributed by atoms with van der Waals surface area (Å²) in [4.78, 5) is 36.9. The van der Waals surface area contributed by atoms with Crippen LogP contribution >= 0.6 is 11.6 Å². The number of amides is 2. The zero-order valence-corrected chi connectivity index (χ0v) is 20.2. The molecule has 0 aliphatic heterocycles. The number of rotatable bonds is 7. The van der Waals surface area contributed by atoms with Crippen LogP contribution in [-0.2, 0) is 16.0 Å². The molecule has 0 saturated heterocycles. The van der Waals surface area contributed by atoms with Gasteiger partial charge in [-0.15, -0.1) is 0 Å². The third-order valence-corrected chi connectivity index (χ3v) is 5.29. The highest BCUT2D eigenvalue weighted by Crippen LogP contribution is 2.29. The van der Waals surface area contributed by atoms with Crippen molar-refractivity contribution in [3.63, 3.8) is 0 Å². The summed E-state index contributed by atoms with van der Waals surface area (Å²) in [6.45, 7) is 3.61. The number of halogens is 1. The van der Waals surface area contributed by atoms with Gasteiger partial charge in [0.25, 0.3) is 0 Å². The number of benzene rings is 3. The van der Waals surface area contributed by atoms with Crippen molar-refractivity contribution in [2.75, 3.05) is 12.4 Å². The maximum absolute atomic E-state index is 12.4. The molecule has 0 bridgehead atoms. The lowest BCUT2D eigenvalue weighted by Gasteiger charge is -2.11. The van der Waals surface area contributed by atoms with Crippen molar-refractivity contribution in [2.45, 2.75) is 20.3 Å². The van der Waals surface area contributed by atoms with Crippen molar-refractivity contribution in [3.8, 4) is 11.5 Å². The number of para-hydroxylation sites is 1. The van der Waals surface area contributed by atoms with Crippen molar-refractivity contribution in [1.82, 2.24) is 5.43 Å². The molecule has 9 heteroatoms. The Morgan fingerprint density at radius 2 is 1.60 bits per heavy atom. The van der Waals surface area contributed by atoms with Crippen LogP contribution in [0.5, 0.6) is 11.5 Å². The fourth-order valence-electron chi connectivity index (χ4n) is 3.10. The number of hydrazone groups is 1. The van der Waals surface area contributed by atoms with Crippen LogP contribution in [0.25, 0.3) is 0 Å². The van der Waals surface area contributed by atoms with E-state index < -0.39 is 17.8 Å². The van der Waals surface area contributed by atoms with Crippen LogP contribution in [0.1, 0.15) is 35.3 Å². The first kappa shape index (κ1) is 25.5. The molecule has 0 atom stereocenters. The lowest BCUT2D eigenvalue weighted by atomic mass is 10.1. The Balaban J connectivity index is 1.67. The third-order valence-electron chi connectivity index (χ3n) is 5.04. The van der Waals surface area contributed by atoms with Crippen LogP contribution in [-0.4, -0.2) is 30.6 Å². The number of carbonyl (C=O) groups excluding carboxylic acids is 3. The first-order valence-corrected chi connectivity index (χ1v) is 11.1. The summed E-state index contributed by atoms with van der Waals surface area (Å²) in [5.41, 5.74) is 5.07. The van der Waals surface area contributed by atoms with E-state index in [9.17, 15) is 14.4 Å². The molecule has 0 spiro atoms. The monoisotopic (exact) mass is 493 g/mol. The number of nitrogens with one attached hydrogen (secondary N) is 2. The van der Waals surface area contributed by atoms with Gasteiger partial charge in [-0.3, -0.25) is 9.59 Å².